The number of aromatic amines is 1. The monoisotopic (exact) mass is 416 g/mol. The second kappa shape index (κ2) is 9.32. The lowest BCUT2D eigenvalue weighted by atomic mass is 10.1. The van der Waals surface area contributed by atoms with Crippen molar-refractivity contribution in [2.24, 2.45) is 5.10 Å². The van der Waals surface area contributed by atoms with Crippen molar-refractivity contribution in [1.82, 2.24) is 14.9 Å². The second-order valence-electron chi connectivity index (χ2n) is 7.31. The minimum atomic E-state index is -0.550. The maximum Gasteiger partial charge on any atom is 0.270 e. The van der Waals surface area contributed by atoms with Crippen LogP contribution >= 0.6 is 0 Å². The number of hydrazone groups is 1. The van der Waals surface area contributed by atoms with Crippen molar-refractivity contribution >= 4 is 12.2 Å². The van der Waals surface area contributed by atoms with Gasteiger partial charge in [-0.1, -0.05) is 36.4 Å². The van der Waals surface area contributed by atoms with E-state index in [1.807, 2.05) is 12.1 Å². The maximum atomic E-state index is 13.8. The number of anilines is 1. The Bertz CT molecular complexity index is 1190. The van der Waals surface area contributed by atoms with Crippen molar-refractivity contribution in [2.45, 2.75) is 19.4 Å². The number of rotatable bonds is 6. The number of nitrogens with one attached hydrogen (secondary N) is 2. The number of hydrogen-bond acceptors (Lipinski definition) is 6. The summed E-state index contributed by atoms with van der Waals surface area (Å²) in [6, 6.07) is 15.5. The van der Waals surface area contributed by atoms with Crippen LogP contribution in [-0.2, 0) is 6.54 Å². The number of hydrogen-bond donors (Lipinski definition) is 2. The van der Waals surface area contributed by atoms with Crippen LogP contribution in [0.1, 0.15) is 29.5 Å². The number of benzene rings is 2. The normalized spacial score (nSPS) is 14.1. The highest BCUT2D eigenvalue weighted by Crippen LogP contribution is 2.20. The molecule has 1 fully saturated rings. The Morgan fingerprint density at radius 3 is 2.74 bits per heavy atom. The molecule has 8 heteroatoms. The van der Waals surface area contributed by atoms with Gasteiger partial charge >= 0.3 is 0 Å². The lowest BCUT2D eigenvalue weighted by Crippen LogP contribution is -2.19. The lowest BCUT2D eigenvalue weighted by Gasteiger charge is -2.16. The lowest BCUT2D eigenvalue weighted by molar-refractivity contribution is 0.330. The highest BCUT2D eigenvalue weighted by molar-refractivity contribution is 5.82. The predicted molar refractivity (Wildman–Crippen MR) is 117 cm³/mol. The first-order valence-electron chi connectivity index (χ1n) is 10.0. The van der Waals surface area contributed by atoms with E-state index < -0.39 is 5.56 Å². The van der Waals surface area contributed by atoms with E-state index in [9.17, 15) is 14.4 Å². The van der Waals surface area contributed by atoms with Gasteiger partial charge in [0.25, 0.3) is 5.56 Å². The zero-order valence-corrected chi connectivity index (χ0v) is 16.8. The first-order chi connectivity index (χ1) is 15.1. The van der Waals surface area contributed by atoms with Crippen molar-refractivity contribution in [3.63, 3.8) is 0 Å². The van der Waals surface area contributed by atoms with Gasteiger partial charge in [-0.25, -0.2) is 14.8 Å². The van der Waals surface area contributed by atoms with Crippen LogP contribution in [0.4, 0.5) is 10.3 Å². The molecule has 0 radical (unpaired) electrons. The minimum absolute atomic E-state index is 0.0628. The van der Waals surface area contributed by atoms with Crippen LogP contribution in [0.5, 0.6) is 0 Å². The molecule has 4 rings (SSSR count). The zero-order valence-electron chi connectivity index (χ0n) is 16.8. The summed E-state index contributed by atoms with van der Waals surface area (Å²) in [5.74, 6) is -0.174. The maximum absolute atomic E-state index is 13.8. The molecular weight excluding hydrogens is 395 g/mol. The van der Waals surface area contributed by atoms with Gasteiger partial charge in [0.05, 0.1) is 11.9 Å². The van der Waals surface area contributed by atoms with E-state index in [4.69, 9.17) is 0 Å². The topological polar surface area (TPSA) is 97.2 Å². The summed E-state index contributed by atoms with van der Waals surface area (Å²) in [5.41, 5.74) is 4.66. The van der Waals surface area contributed by atoms with Gasteiger partial charge in [-0.3, -0.25) is 14.7 Å². The summed E-state index contributed by atoms with van der Waals surface area (Å²) in [7, 11) is 0. The summed E-state index contributed by atoms with van der Waals surface area (Å²) >= 11 is 0. The van der Waals surface area contributed by atoms with E-state index in [1.54, 1.807) is 36.5 Å². The number of halogens is 1. The third-order valence-corrected chi connectivity index (χ3v) is 5.15. The van der Waals surface area contributed by atoms with E-state index in [-0.39, 0.29) is 23.0 Å². The average Bonchev–Trinajstić information content (AvgIpc) is 3.28. The summed E-state index contributed by atoms with van der Waals surface area (Å²) in [6.07, 6.45) is 3.88. The van der Waals surface area contributed by atoms with Crippen molar-refractivity contribution in [1.29, 1.82) is 5.26 Å². The van der Waals surface area contributed by atoms with Gasteiger partial charge < -0.3 is 0 Å². The molecule has 7 nitrogen and oxygen atoms in total. The van der Waals surface area contributed by atoms with Crippen LogP contribution in [0.3, 0.4) is 0 Å². The molecule has 2 heterocycles. The van der Waals surface area contributed by atoms with E-state index in [0.717, 1.165) is 37.1 Å². The van der Waals surface area contributed by atoms with Crippen molar-refractivity contribution in [3.05, 3.63) is 81.4 Å². The smallest absolute Gasteiger partial charge is 0.270 e. The first-order valence-corrected chi connectivity index (χ1v) is 10.0. The van der Waals surface area contributed by atoms with Crippen molar-refractivity contribution < 1.29 is 4.39 Å². The van der Waals surface area contributed by atoms with Gasteiger partial charge in [0.1, 0.15) is 17.4 Å². The molecule has 1 aliphatic rings. The van der Waals surface area contributed by atoms with Crippen LogP contribution in [0.2, 0.25) is 0 Å². The van der Waals surface area contributed by atoms with E-state index in [2.05, 4.69) is 25.4 Å². The van der Waals surface area contributed by atoms with Gasteiger partial charge in [0, 0.05) is 12.1 Å². The fourth-order valence-corrected chi connectivity index (χ4v) is 3.62. The molecule has 31 heavy (non-hydrogen) atoms. The largest absolute Gasteiger partial charge is 0.299 e. The van der Waals surface area contributed by atoms with Crippen LogP contribution in [-0.4, -0.2) is 34.2 Å². The Hall–Kier alpha value is -3.83. The Balaban J connectivity index is 1.58. The van der Waals surface area contributed by atoms with E-state index >= 15 is 0 Å². The number of H-pyrrole nitrogens is 1. The molecule has 2 N–H and O–H groups in total. The second-order valence-corrected chi connectivity index (χ2v) is 7.31. The summed E-state index contributed by atoms with van der Waals surface area (Å²) in [5, 5.41) is 13.5. The van der Waals surface area contributed by atoms with Gasteiger partial charge in [0.15, 0.2) is 0 Å². The van der Waals surface area contributed by atoms with Crippen LogP contribution in [0.15, 0.2) is 58.4 Å². The fraction of sp³-hybridized carbons (Fsp3) is 0.217. The molecule has 2 aromatic carbocycles. The van der Waals surface area contributed by atoms with Crippen LogP contribution in [0, 0.1) is 17.1 Å². The molecule has 3 aromatic rings. The molecule has 1 aliphatic heterocycles. The summed E-state index contributed by atoms with van der Waals surface area (Å²) in [6.45, 7) is 2.66. The van der Waals surface area contributed by atoms with Gasteiger partial charge in [-0.15, -0.1) is 0 Å². The Morgan fingerprint density at radius 1 is 1.23 bits per heavy atom. The van der Waals surface area contributed by atoms with Gasteiger partial charge in [0.2, 0.25) is 5.95 Å². The van der Waals surface area contributed by atoms with E-state index in [0.29, 0.717) is 12.1 Å². The molecule has 0 aliphatic carbocycles. The number of nitrogens with zero attached hydrogens (tertiary/aromatic N) is 4. The standard InChI is InChI=1S/C23H21FN6O/c24-19-9-8-17(18(12-19)15-30-10-4-5-11-30)14-26-29-23-27-21(16-6-2-1-3-7-16)20(13-25)22(31)28-23/h1-3,6-9,12,14H,4-5,10-11,15H2,(H2,27,28,29,31). The first kappa shape index (κ1) is 20.4. The van der Waals surface area contributed by atoms with Gasteiger partial charge in [-0.05, 0) is 49.2 Å². The molecule has 0 amide bonds. The quantitative estimate of drug-likeness (QED) is 0.474. The van der Waals surface area contributed by atoms with Crippen molar-refractivity contribution in [2.75, 3.05) is 18.5 Å². The fourth-order valence-electron chi connectivity index (χ4n) is 3.62. The highest BCUT2D eigenvalue weighted by atomic mass is 19.1. The Labute approximate surface area is 178 Å². The minimum Gasteiger partial charge on any atom is -0.299 e. The molecule has 0 unspecified atom stereocenters. The number of likely N-dealkylation sites (tertiary alicyclic amines) is 1. The Kier molecular flexibility index (Phi) is 6.15. The molecule has 0 atom stereocenters. The molecular formula is C23H21FN6O. The SMILES string of the molecule is N#Cc1c(-c2ccccc2)nc(NN=Cc2ccc(F)cc2CN2CCCC2)[nH]c1=O. The highest BCUT2D eigenvalue weighted by Gasteiger charge is 2.15. The molecule has 1 aromatic heterocycles. The molecule has 156 valence electrons. The average molecular weight is 416 g/mol. The number of aromatic nitrogens is 2. The zero-order chi connectivity index (χ0) is 21.6. The molecule has 0 bridgehead atoms. The van der Waals surface area contributed by atoms with Gasteiger partial charge in [-0.2, -0.15) is 10.4 Å². The molecule has 0 spiro atoms. The molecule has 0 saturated carbocycles. The van der Waals surface area contributed by atoms with Crippen LogP contribution < -0.4 is 11.0 Å². The Morgan fingerprint density at radius 2 is 2.00 bits per heavy atom. The third kappa shape index (κ3) is 4.85. The summed E-state index contributed by atoms with van der Waals surface area (Å²) < 4.78 is 13.8. The third-order valence-electron chi connectivity index (χ3n) is 5.15. The summed E-state index contributed by atoms with van der Waals surface area (Å²) in [4.78, 5) is 21.5. The van der Waals surface area contributed by atoms with Crippen LogP contribution in [0.25, 0.3) is 11.3 Å². The van der Waals surface area contributed by atoms with Crippen molar-refractivity contribution in [3.8, 4) is 17.3 Å². The van der Waals surface area contributed by atoms with E-state index in [1.165, 1.54) is 12.1 Å². The molecule has 1 saturated heterocycles. The number of nitriles is 1. The predicted octanol–water partition coefficient (Wildman–Crippen LogP) is 3.49.